The normalized spacial score (nSPS) is 15.7. The summed E-state index contributed by atoms with van der Waals surface area (Å²) in [5.41, 5.74) is 4.38. The molecule has 0 atom stereocenters. The Kier molecular flexibility index (Phi) is 2.97. The molecule has 0 heterocycles. The Balaban J connectivity index is 2.32. The molecule has 0 radical (unpaired) electrons. The topological polar surface area (TPSA) is 0 Å². The van der Waals surface area contributed by atoms with Crippen molar-refractivity contribution < 1.29 is 0 Å². The molecular formula is C13H16S. The zero-order valence-corrected chi connectivity index (χ0v) is 9.66. The van der Waals surface area contributed by atoms with Crippen LogP contribution >= 0.6 is 11.8 Å². The van der Waals surface area contributed by atoms with Gasteiger partial charge in [-0.1, -0.05) is 18.2 Å². The molecule has 2 rings (SSSR count). The lowest BCUT2D eigenvalue weighted by Gasteiger charge is -2.07. The van der Waals surface area contributed by atoms with Gasteiger partial charge in [0.2, 0.25) is 0 Å². The van der Waals surface area contributed by atoms with Gasteiger partial charge in [0.05, 0.1) is 0 Å². The van der Waals surface area contributed by atoms with Crippen molar-refractivity contribution in [1.82, 2.24) is 0 Å². The van der Waals surface area contributed by atoms with Gasteiger partial charge in [-0.15, -0.1) is 11.8 Å². The fourth-order valence-electron chi connectivity index (χ4n) is 2.01. The molecule has 0 aromatic heterocycles. The average molecular weight is 204 g/mol. The number of allylic oxidation sites excluding steroid dienone is 2. The van der Waals surface area contributed by atoms with E-state index in [1.807, 2.05) is 11.8 Å². The predicted octanol–water partition coefficient (Wildman–Crippen LogP) is 4.28. The zero-order valence-electron chi connectivity index (χ0n) is 8.84. The smallest absolute Gasteiger partial charge is 0.00987 e. The van der Waals surface area contributed by atoms with Gasteiger partial charge in [0.15, 0.2) is 0 Å². The van der Waals surface area contributed by atoms with Crippen LogP contribution in [0.15, 0.2) is 29.2 Å². The van der Waals surface area contributed by atoms with Crippen molar-refractivity contribution in [3.05, 3.63) is 35.4 Å². The van der Waals surface area contributed by atoms with Crippen LogP contribution in [0.3, 0.4) is 0 Å². The van der Waals surface area contributed by atoms with E-state index >= 15 is 0 Å². The Morgan fingerprint density at radius 2 is 2.14 bits per heavy atom. The summed E-state index contributed by atoms with van der Waals surface area (Å²) < 4.78 is 0. The monoisotopic (exact) mass is 204 g/mol. The van der Waals surface area contributed by atoms with E-state index in [-0.39, 0.29) is 0 Å². The highest BCUT2D eigenvalue weighted by atomic mass is 32.2. The second kappa shape index (κ2) is 4.22. The molecule has 0 amide bonds. The van der Waals surface area contributed by atoms with Crippen molar-refractivity contribution in [2.45, 2.75) is 31.1 Å². The first-order chi connectivity index (χ1) is 6.81. The third kappa shape index (κ3) is 1.88. The summed E-state index contributed by atoms with van der Waals surface area (Å²) in [7, 11) is 0. The lowest BCUT2D eigenvalue weighted by atomic mass is 10.0. The Morgan fingerprint density at radius 1 is 1.29 bits per heavy atom. The number of hydrogen-bond donors (Lipinski definition) is 0. The molecule has 1 aliphatic rings. The van der Waals surface area contributed by atoms with Gasteiger partial charge >= 0.3 is 0 Å². The fraction of sp³-hybridized carbons (Fsp3) is 0.385. The highest BCUT2D eigenvalue weighted by Crippen LogP contribution is 2.30. The molecule has 0 bridgehead atoms. The van der Waals surface area contributed by atoms with Crippen LogP contribution in [0.1, 0.15) is 30.4 Å². The number of thioether (sulfide) groups is 1. The summed E-state index contributed by atoms with van der Waals surface area (Å²) in [6.07, 6.45) is 8.37. The second-order valence-corrected chi connectivity index (χ2v) is 4.65. The lowest BCUT2D eigenvalue weighted by Crippen LogP contribution is -1.85. The van der Waals surface area contributed by atoms with Crippen molar-refractivity contribution in [3.63, 3.8) is 0 Å². The van der Waals surface area contributed by atoms with Gasteiger partial charge in [-0.2, -0.15) is 0 Å². The maximum Gasteiger partial charge on any atom is 0.00987 e. The molecule has 1 heteroatoms. The first kappa shape index (κ1) is 9.85. The van der Waals surface area contributed by atoms with Crippen LogP contribution in [-0.4, -0.2) is 6.26 Å². The number of hydrogen-bond acceptors (Lipinski definition) is 1. The Labute approximate surface area is 90.4 Å². The summed E-state index contributed by atoms with van der Waals surface area (Å²) >= 11 is 1.83. The quantitative estimate of drug-likeness (QED) is 0.648. The Hall–Kier alpha value is -0.690. The summed E-state index contributed by atoms with van der Waals surface area (Å²) in [6, 6.07) is 6.83. The van der Waals surface area contributed by atoms with Gasteiger partial charge in [-0.05, 0) is 55.2 Å². The molecule has 1 aromatic rings. The van der Waals surface area contributed by atoms with Crippen LogP contribution in [0.25, 0.3) is 5.57 Å². The first-order valence-electron chi connectivity index (χ1n) is 5.15. The molecular weight excluding hydrogens is 188 g/mol. The first-order valence-corrected chi connectivity index (χ1v) is 6.38. The molecule has 14 heavy (non-hydrogen) atoms. The minimum Gasteiger partial charge on any atom is -0.129 e. The van der Waals surface area contributed by atoms with Crippen LogP contribution in [0.2, 0.25) is 0 Å². The largest absolute Gasteiger partial charge is 0.129 e. The number of benzene rings is 1. The third-order valence-corrected chi connectivity index (χ3v) is 3.70. The molecule has 0 aliphatic heterocycles. The van der Waals surface area contributed by atoms with E-state index in [2.05, 4.69) is 37.5 Å². The maximum atomic E-state index is 2.38. The summed E-state index contributed by atoms with van der Waals surface area (Å²) in [6.45, 7) is 2.20. The van der Waals surface area contributed by atoms with Gasteiger partial charge in [-0.3, -0.25) is 0 Å². The minimum absolute atomic E-state index is 1.26. The number of aryl methyl sites for hydroxylation is 1. The van der Waals surface area contributed by atoms with Crippen molar-refractivity contribution in [2.75, 3.05) is 6.26 Å². The Bertz CT molecular complexity index is 363. The van der Waals surface area contributed by atoms with E-state index in [4.69, 9.17) is 0 Å². The molecule has 0 spiro atoms. The van der Waals surface area contributed by atoms with E-state index in [0.717, 1.165) is 0 Å². The van der Waals surface area contributed by atoms with Crippen molar-refractivity contribution >= 4 is 17.3 Å². The van der Waals surface area contributed by atoms with Crippen LogP contribution in [0.5, 0.6) is 0 Å². The Morgan fingerprint density at radius 3 is 2.71 bits per heavy atom. The molecule has 0 saturated heterocycles. The maximum absolute atomic E-state index is 2.38. The highest BCUT2D eigenvalue weighted by Gasteiger charge is 2.07. The highest BCUT2D eigenvalue weighted by molar-refractivity contribution is 7.98. The van der Waals surface area contributed by atoms with Crippen LogP contribution in [-0.2, 0) is 0 Å². The SMILES string of the molecule is CSc1ccc(C2=CCCC2)cc1C. The standard InChI is InChI=1S/C13H16S/c1-10-9-12(7-8-13(10)14-2)11-5-3-4-6-11/h5,7-9H,3-4,6H2,1-2H3. The second-order valence-electron chi connectivity index (χ2n) is 3.81. The fourth-order valence-corrected chi connectivity index (χ4v) is 2.60. The van der Waals surface area contributed by atoms with Crippen LogP contribution in [0, 0.1) is 6.92 Å². The van der Waals surface area contributed by atoms with Crippen molar-refractivity contribution in [1.29, 1.82) is 0 Å². The van der Waals surface area contributed by atoms with E-state index in [1.165, 1.54) is 35.3 Å². The number of rotatable bonds is 2. The average Bonchev–Trinajstić information content (AvgIpc) is 2.70. The van der Waals surface area contributed by atoms with Gasteiger partial charge in [0.25, 0.3) is 0 Å². The van der Waals surface area contributed by atoms with Crippen molar-refractivity contribution in [3.8, 4) is 0 Å². The van der Waals surface area contributed by atoms with E-state index in [1.54, 1.807) is 5.57 Å². The zero-order chi connectivity index (χ0) is 9.97. The third-order valence-electron chi connectivity index (χ3n) is 2.81. The lowest BCUT2D eigenvalue weighted by molar-refractivity contribution is 0.935. The van der Waals surface area contributed by atoms with Gasteiger partial charge in [-0.25, -0.2) is 0 Å². The van der Waals surface area contributed by atoms with E-state index < -0.39 is 0 Å². The van der Waals surface area contributed by atoms with Crippen molar-refractivity contribution in [2.24, 2.45) is 0 Å². The van der Waals surface area contributed by atoms with E-state index in [9.17, 15) is 0 Å². The molecule has 0 nitrogen and oxygen atoms in total. The molecule has 0 N–H and O–H groups in total. The van der Waals surface area contributed by atoms with Gasteiger partial charge in [0.1, 0.15) is 0 Å². The molecule has 0 fully saturated rings. The molecule has 1 aromatic carbocycles. The van der Waals surface area contributed by atoms with Crippen LogP contribution < -0.4 is 0 Å². The molecule has 74 valence electrons. The summed E-state index contributed by atoms with van der Waals surface area (Å²) in [5.74, 6) is 0. The predicted molar refractivity (Wildman–Crippen MR) is 64.8 cm³/mol. The molecule has 1 aliphatic carbocycles. The van der Waals surface area contributed by atoms with Gasteiger partial charge in [0, 0.05) is 4.90 Å². The summed E-state index contributed by atoms with van der Waals surface area (Å²) in [5, 5.41) is 0. The van der Waals surface area contributed by atoms with E-state index in [0.29, 0.717) is 0 Å². The minimum atomic E-state index is 1.26. The summed E-state index contributed by atoms with van der Waals surface area (Å²) in [4.78, 5) is 1.40. The molecule has 0 unspecified atom stereocenters. The molecule has 0 saturated carbocycles. The van der Waals surface area contributed by atoms with Crippen LogP contribution in [0.4, 0.5) is 0 Å². The van der Waals surface area contributed by atoms with Gasteiger partial charge < -0.3 is 0 Å².